The van der Waals surface area contributed by atoms with E-state index in [1.807, 2.05) is 0 Å². The molecule has 0 radical (unpaired) electrons. The summed E-state index contributed by atoms with van der Waals surface area (Å²) >= 11 is 0. The van der Waals surface area contributed by atoms with Crippen molar-refractivity contribution in [3.8, 4) is 56.2 Å². The molecule has 1 heterocycles. The molecule has 50 heavy (non-hydrogen) atoms. The van der Waals surface area contributed by atoms with Crippen LogP contribution in [0.2, 0.25) is 0 Å². The van der Waals surface area contributed by atoms with Crippen molar-refractivity contribution in [2.24, 2.45) is 0 Å². The van der Waals surface area contributed by atoms with Crippen LogP contribution in [0.25, 0.3) is 77.7 Å². The van der Waals surface area contributed by atoms with Crippen molar-refractivity contribution < 1.29 is 0 Å². The second kappa shape index (κ2) is 10.3. The highest BCUT2D eigenvalue weighted by molar-refractivity contribution is 6.09. The number of benzene rings is 7. The van der Waals surface area contributed by atoms with Gasteiger partial charge in [0.1, 0.15) is 0 Å². The van der Waals surface area contributed by atoms with E-state index in [1.54, 1.807) is 0 Å². The van der Waals surface area contributed by atoms with E-state index in [-0.39, 0.29) is 10.8 Å². The fraction of sp³-hybridized carbons (Fsp3) is 0.125. The van der Waals surface area contributed by atoms with Gasteiger partial charge in [-0.15, -0.1) is 0 Å². The van der Waals surface area contributed by atoms with E-state index in [0.717, 1.165) is 33.9 Å². The molecule has 0 spiro atoms. The van der Waals surface area contributed by atoms with Gasteiger partial charge in [0, 0.05) is 27.5 Å². The van der Waals surface area contributed by atoms with E-state index in [9.17, 15) is 0 Å². The normalized spacial score (nSPS) is 14.7. The van der Waals surface area contributed by atoms with Gasteiger partial charge in [0.2, 0.25) is 0 Å². The molecule has 0 N–H and O–H groups in total. The molecule has 0 atom stereocenters. The van der Waals surface area contributed by atoms with Gasteiger partial charge in [0.25, 0.3) is 0 Å². The van der Waals surface area contributed by atoms with Crippen molar-refractivity contribution in [3.05, 3.63) is 168 Å². The molecule has 1 aromatic heterocycles. The van der Waals surface area contributed by atoms with Crippen LogP contribution in [0.4, 0.5) is 0 Å². The number of nitrogens with zero attached hydrogens (tertiary/aromatic N) is 2. The zero-order chi connectivity index (χ0) is 33.8. The van der Waals surface area contributed by atoms with Crippen molar-refractivity contribution >= 4 is 21.5 Å². The van der Waals surface area contributed by atoms with Crippen LogP contribution in [0, 0.1) is 0 Å². The fourth-order valence-electron chi connectivity index (χ4n) is 8.89. The van der Waals surface area contributed by atoms with Crippen LogP contribution >= 0.6 is 0 Å². The van der Waals surface area contributed by atoms with Crippen molar-refractivity contribution in [2.45, 2.75) is 38.5 Å². The third-order valence-electron chi connectivity index (χ3n) is 11.5. The van der Waals surface area contributed by atoms with Crippen molar-refractivity contribution in [1.29, 1.82) is 0 Å². The van der Waals surface area contributed by atoms with Crippen LogP contribution in [-0.2, 0) is 10.8 Å². The highest BCUT2D eigenvalue weighted by atomic mass is 14.9. The first-order valence-corrected chi connectivity index (χ1v) is 17.6. The molecule has 10 rings (SSSR count). The lowest BCUT2D eigenvalue weighted by molar-refractivity contribution is 0.661. The Hall–Kier alpha value is -5.86. The number of rotatable bonds is 3. The molecule has 0 saturated carbocycles. The van der Waals surface area contributed by atoms with Gasteiger partial charge in [-0.05, 0) is 90.3 Å². The summed E-state index contributed by atoms with van der Waals surface area (Å²) in [4.78, 5) is 10.7. The van der Waals surface area contributed by atoms with E-state index in [2.05, 4.69) is 173 Å². The Morgan fingerprint density at radius 2 is 0.980 bits per heavy atom. The summed E-state index contributed by atoms with van der Waals surface area (Å²) in [5, 5.41) is 5.01. The first-order chi connectivity index (χ1) is 24.3. The highest BCUT2D eigenvalue weighted by Crippen LogP contribution is 2.55. The van der Waals surface area contributed by atoms with E-state index in [0.29, 0.717) is 0 Å². The lowest BCUT2D eigenvalue weighted by Crippen LogP contribution is -2.15. The minimum absolute atomic E-state index is 0.138. The Morgan fingerprint density at radius 3 is 1.78 bits per heavy atom. The molecule has 0 amide bonds. The molecule has 7 aromatic carbocycles. The Labute approximate surface area is 293 Å². The van der Waals surface area contributed by atoms with Crippen molar-refractivity contribution in [2.75, 3.05) is 0 Å². The minimum atomic E-state index is -0.139. The van der Waals surface area contributed by atoms with Gasteiger partial charge in [0.05, 0.1) is 11.4 Å². The van der Waals surface area contributed by atoms with E-state index in [1.165, 1.54) is 66.1 Å². The molecule has 238 valence electrons. The molecular weight excluding hydrogens is 605 g/mol. The Morgan fingerprint density at radius 1 is 0.380 bits per heavy atom. The molecule has 0 unspecified atom stereocenters. The molecule has 2 nitrogen and oxygen atoms in total. The zero-order valence-electron chi connectivity index (χ0n) is 28.8. The quantitative estimate of drug-likeness (QED) is 0.192. The number of hydrogen-bond donors (Lipinski definition) is 0. The van der Waals surface area contributed by atoms with Gasteiger partial charge in [-0.2, -0.15) is 0 Å². The van der Waals surface area contributed by atoms with Crippen molar-refractivity contribution in [3.63, 3.8) is 0 Å². The van der Waals surface area contributed by atoms with Crippen LogP contribution in [0.5, 0.6) is 0 Å². The predicted octanol–water partition coefficient (Wildman–Crippen LogP) is 12.4. The maximum Gasteiger partial charge on any atom is 0.160 e. The number of fused-ring (bicyclic) bond motifs is 9. The molecule has 2 aliphatic rings. The summed E-state index contributed by atoms with van der Waals surface area (Å²) in [6, 6.07) is 53.1. The van der Waals surface area contributed by atoms with E-state index < -0.39 is 0 Å². The molecular formula is C48H36N2. The average Bonchev–Trinajstić information content (AvgIpc) is 3.53. The van der Waals surface area contributed by atoms with E-state index in [4.69, 9.17) is 9.97 Å². The molecule has 2 heteroatoms. The van der Waals surface area contributed by atoms with Gasteiger partial charge < -0.3 is 0 Å². The third kappa shape index (κ3) is 4.02. The number of hydrogen-bond acceptors (Lipinski definition) is 2. The highest BCUT2D eigenvalue weighted by Gasteiger charge is 2.39. The first-order valence-electron chi connectivity index (χ1n) is 17.6. The smallest absolute Gasteiger partial charge is 0.160 e. The van der Waals surface area contributed by atoms with Crippen LogP contribution in [0.3, 0.4) is 0 Å². The van der Waals surface area contributed by atoms with Gasteiger partial charge in [-0.1, -0.05) is 149 Å². The SMILES string of the molecule is CC1(C)c2cc3ccccc3cc2-c2c(-c3cc(-c4cc5c(c6ccccc46)-c4ccccc4C5(C)C)nc(-c4ccccc4)n3)cccc21. The summed E-state index contributed by atoms with van der Waals surface area (Å²) in [5.41, 5.74) is 15.6. The Balaban J connectivity index is 1.27. The second-order valence-corrected chi connectivity index (χ2v) is 15.0. The lowest BCUT2D eigenvalue weighted by atomic mass is 9.80. The molecule has 2 aliphatic carbocycles. The van der Waals surface area contributed by atoms with E-state index >= 15 is 0 Å². The molecule has 0 saturated heterocycles. The van der Waals surface area contributed by atoms with Crippen LogP contribution in [0.1, 0.15) is 49.9 Å². The van der Waals surface area contributed by atoms with Gasteiger partial charge in [-0.3, -0.25) is 0 Å². The Kier molecular flexibility index (Phi) is 6.01. The monoisotopic (exact) mass is 640 g/mol. The van der Waals surface area contributed by atoms with Gasteiger partial charge >= 0.3 is 0 Å². The summed E-state index contributed by atoms with van der Waals surface area (Å²) < 4.78 is 0. The Bertz CT molecular complexity index is 2700. The maximum absolute atomic E-state index is 5.37. The number of aromatic nitrogens is 2. The fourth-order valence-corrected chi connectivity index (χ4v) is 8.89. The minimum Gasteiger partial charge on any atom is -0.228 e. The maximum atomic E-state index is 5.37. The van der Waals surface area contributed by atoms with Gasteiger partial charge in [-0.25, -0.2) is 9.97 Å². The average molecular weight is 641 g/mol. The van der Waals surface area contributed by atoms with Crippen LogP contribution in [0.15, 0.2) is 146 Å². The first kappa shape index (κ1) is 29.1. The largest absolute Gasteiger partial charge is 0.228 e. The second-order valence-electron chi connectivity index (χ2n) is 15.0. The molecule has 8 aromatic rings. The summed E-state index contributed by atoms with van der Waals surface area (Å²) in [6.45, 7) is 9.42. The van der Waals surface area contributed by atoms with Gasteiger partial charge in [0.15, 0.2) is 5.82 Å². The van der Waals surface area contributed by atoms with Crippen LogP contribution in [-0.4, -0.2) is 9.97 Å². The van der Waals surface area contributed by atoms with Crippen molar-refractivity contribution in [1.82, 2.24) is 9.97 Å². The predicted molar refractivity (Wildman–Crippen MR) is 208 cm³/mol. The third-order valence-corrected chi connectivity index (χ3v) is 11.5. The zero-order valence-corrected chi connectivity index (χ0v) is 28.8. The molecule has 0 fully saturated rings. The van der Waals surface area contributed by atoms with Crippen LogP contribution < -0.4 is 0 Å². The summed E-state index contributed by atoms with van der Waals surface area (Å²) in [6.07, 6.45) is 0. The standard InChI is InChI=1S/C48H36N2/c1-47(2)38-23-13-12-21-34(38)44-33-20-11-10-19-32(33)36(27-41(44)47)43-28-42(49-46(50-43)29-15-6-5-7-16-29)35-22-14-24-39-45(35)37-25-30-17-8-9-18-31(30)26-40(37)48(39,3)4/h5-28H,1-4H3. The molecule has 0 bridgehead atoms. The lowest BCUT2D eigenvalue weighted by Gasteiger charge is -2.23. The summed E-state index contributed by atoms with van der Waals surface area (Å²) in [5.74, 6) is 0.735. The molecule has 0 aliphatic heterocycles. The topological polar surface area (TPSA) is 25.8 Å². The summed E-state index contributed by atoms with van der Waals surface area (Å²) in [7, 11) is 0.